The van der Waals surface area contributed by atoms with Crippen LogP contribution in [0.1, 0.15) is 11.1 Å². The molecule has 1 aliphatic rings. The van der Waals surface area contributed by atoms with E-state index in [2.05, 4.69) is 5.32 Å². The highest BCUT2D eigenvalue weighted by atomic mass is 16.5. The van der Waals surface area contributed by atoms with Gasteiger partial charge in [0.05, 0.1) is 0 Å². The monoisotopic (exact) mass is 295 g/mol. The zero-order chi connectivity index (χ0) is 15.5. The van der Waals surface area contributed by atoms with Gasteiger partial charge in [0.2, 0.25) is 0 Å². The van der Waals surface area contributed by atoms with E-state index in [4.69, 9.17) is 9.84 Å². The third-order valence-corrected chi connectivity index (χ3v) is 3.28. The number of nitrogens with one attached hydrogen (secondary N) is 1. The van der Waals surface area contributed by atoms with Crippen LogP contribution in [0.3, 0.4) is 0 Å². The largest absolute Gasteiger partial charge is 0.481 e. The predicted octanol–water partition coefficient (Wildman–Crippen LogP) is 2.64. The number of fused-ring (bicyclic) bond motifs is 1. The van der Waals surface area contributed by atoms with Crippen LogP contribution in [0.4, 0.5) is 5.69 Å². The number of carboxylic acid groups (broad SMARTS) is 1. The number of carbonyl (C=O) groups excluding carboxylic acids is 1. The third-order valence-electron chi connectivity index (χ3n) is 3.28. The van der Waals surface area contributed by atoms with Gasteiger partial charge in [0, 0.05) is 22.4 Å². The summed E-state index contributed by atoms with van der Waals surface area (Å²) in [7, 11) is 0. The maximum absolute atomic E-state index is 12.1. The Morgan fingerprint density at radius 1 is 1.14 bits per heavy atom. The molecule has 2 aromatic carbocycles. The lowest BCUT2D eigenvalue weighted by molar-refractivity contribution is -0.139. The highest BCUT2D eigenvalue weighted by Crippen LogP contribution is 2.34. The second-order valence-corrected chi connectivity index (χ2v) is 4.78. The van der Waals surface area contributed by atoms with Crippen LogP contribution in [-0.2, 0) is 9.59 Å². The first-order valence-corrected chi connectivity index (χ1v) is 6.71. The van der Waals surface area contributed by atoms with E-state index in [9.17, 15) is 9.59 Å². The van der Waals surface area contributed by atoms with Crippen molar-refractivity contribution in [2.45, 2.75) is 0 Å². The molecule has 1 amide bonds. The van der Waals surface area contributed by atoms with Crippen LogP contribution >= 0.6 is 0 Å². The number of rotatable bonds is 4. The van der Waals surface area contributed by atoms with Crippen molar-refractivity contribution >= 4 is 29.2 Å². The molecule has 0 saturated carbocycles. The van der Waals surface area contributed by atoms with Gasteiger partial charge in [0.1, 0.15) is 5.75 Å². The van der Waals surface area contributed by atoms with Crippen LogP contribution in [0.15, 0.2) is 48.5 Å². The quantitative estimate of drug-likeness (QED) is 0.850. The van der Waals surface area contributed by atoms with Crippen molar-refractivity contribution in [3.05, 3.63) is 59.7 Å². The summed E-state index contributed by atoms with van der Waals surface area (Å²) in [6.45, 7) is -0.428. The fourth-order valence-corrected chi connectivity index (χ4v) is 2.31. The second-order valence-electron chi connectivity index (χ2n) is 4.78. The minimum absolute atomic E-state index is 0.186. The Kier molecular flexibility index (Phi) is 3.62. The first-order valence-electron chi connectivity index (χ1n) is 6.71. The van der Waals surface area contributed by atoms with Gasteiger partial charge in [0.15, 0.2) is 6.61 Å². The summed E-state index contributed by atoms with van der Waals surface area (Å²) in [5.41, 5.74) is 2.77. The van der Waals surface area contributed by atoms with Crippen LogP contribution in [0.2, 0.25) is 0 Å². The molecule has 0 fully saturated rings. The Hall–Kier alpha value is -3.08. The Morgan fingerprint density at radius 3 is 2.68 bits per heavy atom. The number of hydrogen-bond acceptors (Lipinski definition) is 3. The molecule has 0 spiro atoms. The van der Waals surface area contributed by atoms with Gasteiger partial charge in [-0.15, -0.1) is 0 Å². The maximum Gasteiger partial charge on any atom is 0.341 e. The van der Waals surface area contributed by atoms with Gasteiger partial charge in [0.25, 0.3) is 5.91 Å². The Balaban J connectivity index is 1.99. The molecule has 5 nitrogen and oxygen atoms in total. The summed E-state index contributed by atoms with van der Waals surface area (Å²) in [5, 5.41) is 11.5. The minimum atomic E-state index is -1.05. The molecule has 0 unspecified atom stereocenters. The topological polar surface area (TPSA) is 75.6 Å². The molecule has 0 saturated heterocycles. The van der Waals surface area contributed by atoms with E-state index >= 15 is 0 Å². The summed E-state index contributed by atoms with van der Waals surface area (Å²) < 4.78 is 5.26. The first kappa shape index (κ1) is 13.9. The minimum Gasteiger partial charge on any atom is -0.481 e. The summed E-state index contributed by atoms with van der Waals surface area (Å²) >= 11 is 0. The van der Waals surface area contributed by atoms with Crippen LogP contribution in [0, 0.1) is 0 Å². The van der Waals surface area contributed by atoms with E-state index in [1.54, 1.807) is 30.3 Å². The lowest BCUT2D eigenvalue weighted by Gasteiger charge is -2.07. The maximum atomic E-state index is 12.1. The van der Waals surface area contributed by atoms with Crippen LogP contribution in [-0.4, -0.2) is 23.6 Å². The van der Waals surface area contributed by atoms with E-state index < -0.39 is 12.6 Å². The molecule has 0 aliphatic carbocycles. The van der Waals surface area contributed by atoms with Crippen molar-refractivity contribution in [1.82, 2.24) is 0 Å². The molecule has 0 aromatic heterocycles. The number of carbonyl (C=O) groups is 2. The van der Waals surface area contributed by atoms with Crippen LogP contribution in [0.25, 0.3) is 11.6 Å². The Labute approximate surface area is 126 Å². The lowest BCUT2D eigenvalue weighted by Crippen LogP contribution is -2.10. The number of benzene rings is 2. The number of ether oxygens (including phenoxy) is 1. The number of aliphatic carboxylic acids is 1. The molecular weight excluding hydrogens is 282 g/mol. The summed E-state index contributed by atoms with van der Waals surface area (Å²) in [6.07, 6.45) is 1.71. The van der Waals surface area contributed by atoms with E-state index in [-0.39, 0.29) is 5.91 Å². The van der Waals surface area contributed by atoms with Gasteiger partial charge in [-0.2, -0.15) is 0 Å². The third kappa shape index (κ3) is 2.69. The van der Waals surface area contributed by atoms with Crippen LogP contribution in [0.5, 0.6) is 5.75 Å². The average molecular weight is 295 g/mol. The zero-order valence-electron chi connectivity index (χ0n) is 11.6. The molecule has 3 rings (SSSR count). The molecule has 1 heterocycles. The molecule has 2 aromatic rings. The molecule has 1 aliphatic heterocycles. The number of para-hydroxylation sites is 2. The molecule has 110 valence electrons. The van der Waals surface area contributed by atoms with E-state index in [0.717, 1.165) is 11.3 Å². The molecular formula is C17H13NO4. The van der Waals surface area contributed by atoms with Crippen molar-refractivity contribution < 1.29 is 19.4 Å². The SMILES string of the molecule is O=C(O)COc1ccccc1/C=C1\C(=O)Nc2ccccc21. The fourth-order valence-electron chi connectivity index (χ4n) is 2.31. The Morgan fingerprint density at radius 2 is 1.86 bits per heavy atom. The average Bonchev–Trinajstić information content (AvgIpc) is 2.82. The second kappa shape index (κ2) is 5.73. The standard InChI is InChI=1S/C17H13NO4/c19-16(20)10-22-15-8-4-1-5-11(15)9-13-12-6-2-3-7-14(12)18-17(13)21/h1-9H,10H2,(H,18,21)(H,19,20)/b13-9-. The molecule has 0 radical (unpaired) electrons. The van der Waals surface area contributed by atoms with Gasteiger partial charge in [-0.1, -0.05) is 36.4 Å². The first-order chi connectivity index (χ1) is 10.6. The fraction of sp³-hybridized carbons (Fsp3) is 0.0588. The molecule has 5 heteroatoms. The number of hydrogen-bond donors (Lipinski definition) is 2. The van der Waals surface area contributed by atoms with Gasteiger partial charge < -0.3 is 15.2 Å². The molecule has 22 heavy (non-hydrogen) atoms. The van der Waals surface area contributed by atoms with Gasteiger partial charge in [-0.3, -0.25) is 4.79 Å². The molecule has 0 atom stereocenters. The van der Waals surface area contributed by atoms with Gasteiger partial charge in [-0.25, -0.2) is 4.79 Å². The summed E-state index contributed by atoms with van der Waals surface area (Å²) in [6, 6.07) is 14.4. The predicted molar refractivity (Wildman–Crippen MR) is 82.5 cm³/mol. The highest BCUT2D eigenvalue weighted by Gasteiger charge is 2.23. The summed E-state index contributed by atoms with van der Waals surface area (Å²) in [4.78, 5) is 22.7. The van der Waals surface area contributed by atoms with Crippen molar-refractivity contribution in [3.8, 4) is 5.75 Å². The Bertz CT molecular complexity index is 780. The van der Waals surface area contributed by atoms with E-state index in [1.165, 1.54) is 0 Å². The highest BCUT2D eigenvalue weighted by molar-refractivity contribution is 6.35. The normalized spacial score (nSPS) is 14.5. The number of anilines is 1. The summed E-state index contributed by atoms with van der Waals surface area (Å²) in [5.74, 6) is -0.810. The van der Waals surface area contributed by atoms with Crippen LogP contribution < -0.4 is 10.1 Å². The van der Waals surface area contributed by atoms with Gasteiger partial charge in [-0.05, 0) is 18.2 Å². The molecule has 0 bridgehead atoms. The smallest absolute Gasteiger partial charge is 0.341 e. The molecule has 2 N–H and O–H groups in total. The number of carboxylic acids is 1. The number of amides is 1. The van der Waals surface area contributed by atoms with E-state index in [0.29, 0.717) is 16.9 Å². The van der Waals surface area contributed by atoms with E-state index in [1.807, 2.05) is 24.3 Å². The van der Waals surface area contributed by atoms with Crippen molar-refractivity contribution in [2.75, 3.05) is 11.9 Å². The lowest BCUT2D eigenvalue weighted by atomic mass is 10.0. The van der Waals surface area contributed by atoms with Gasteiger partial charge >= 0.3 is 5.97 Å². The van der Waals surface area contributed by atoms with Crippen molar-refractivity contribution in [1.29, 1.82) is 0 Å². The zero-order valence-corrected chi connectivity index (χ0v) is 11.6. The van der Waals surface area contributed by atoms with Crippen molar-refractivity contribution in [3.63, 3.8) is 0 Å². The van der Waals surface area contributed by atoms with Crippen molar-refractivity contribution in [2.24, 2.45) is 0 Å².